The van der Waals surface area contributed by atoms with Crippen LogP contribution in [0.15, 0.2) is 42.6 Å². The first-order chi connectivity index (χ1) is 10.5. The molecular weight excluding hydrogens is 304 g/mol. The lowest BCUT2D eigenvalue weighted by atomic mass is 10.1. The minimum absolute atomic E-state index is 0.340. The SMILES string of the molecule is Cc1ccc(C(=O)O[C@H](C)C(=O)Nc2ccc(Cl)cn2)cc1. The Hall–Kier alpha value is -2.40. The van der Waals surface area contributed by atoms with Gasteiger partial charge in [0.2, 0.25) is 0 Å². The van der Waals surface area contributed by atoms with E-state index in [1.807, 2.05) is 6.92 Å². The molecule has 0 unspecified atom stereocenters. The first-order valence-corrected chi connectivity index (χ1v) is 7.03. The first kappa shape index (κ1) is 16.0. The van der Waals surface area contributed by atoms with Gasteiger partial charge in [-0.3, -0.25) is 4.79 Å². The maximum absolute atomic E-state index is 12.0. The fourth-order valence-electron chi connectivity index (χ4n) is 1.65. The number of anilines is 1. The molecular formula is C16H15ClN2O3. The van der Waals surface area contributed by atoms with Gasteiger partial charge in [0.1, 0.15) is 5.82 Å². The van der Waals surface area contributed by atoms with Crippen molar-refractivity contribution in [2.24, 2.45) is 0 Å². The van der Waals surface area contributed by atoms with Crippen molar-refractivity contribution in [2.45, 2.75) is 20.0 Å². The highest BCUT2D eigenvalue weighted by atomic mass is 35.5. The fraction of sp³-hybridized carbons (Fsp3) is 0.188. The van der Waals surface area contributed by atoms with E-state index in [1.165, 1.54) is 13.1 Å². The number of ether oxygens (including phenoxy) is 1. The number of halogens is 1. The van der Waals surface area contributed by atoms with Gasteiger partial charge in [-0.2, -0.15) is 0 Å². The summed E-state index contributed by atoms with van der Waals surface area (Å²) >= 11 is 5.71. The van der Waals surface area contributed by atoms with Crippen molar-refractivity contribution in [2.75, 3.05) is 5.32 Å². The van der Waals surface area contributed by atoms with Gasteiger partial charge in [-0.25, -0.2) is 9.78 Å². The fourth-order valence-corrected chi connectivity index (χ4v) is 1.76. The van der Waals surface area contributed by atoms with Gasteiger partial charge < -0.3 is 10.1 Å². The molecule has 0 aliphatic heterocycles. The normalized spacial score (nSPS) is 11.6. The van der Waals surface area contributed by atoms with Crippen molar-refractivity contribution in [3.8, 4) is 0 Å². The number of hydrogen-bond donors (Lipinski definition) is 1. The second-order valence-corrected chi connectivity index (χ2v) is 5.20. The van der Waals surface area contributed by atoms with E-state index in [4.69, 9.17) is 16.3 Å². The predicted octanol–water partition coefficient (Wildman–Crippen LogP) is 3.23. The Morgan fingerprint density at radius 2 is 1.86 bits per heavy atom. The molecule has 1 aromatic heterocycles. The summed E-state index contributed by atoms with van der Waals surface area (Å²) in [4.78, 5) is 27.8. The Balaban J connectivity index is 1.94. The molecule has 5 nitrogen and oxygen atoms in total. The largest absolute Gasteiger partial charge is 0.449 e. The molecule has 1 atom stereocenters. The third-order valence-electron chi connectivity index (χ3n) is 2.92. The van der Waals surface area contributed by atoms with Gasteiger partial charge in [0.05, 0.1) is 10.6 Å². The highest BCUT2D eigenvalue weighted by Gasteiger charge is 2.19. The van der Waals surface area contributed by atoms with E-state index in [1.54, 1.807) is 36.4 Å². The number of carbonyl (C=O) groups excluding carboxylic acids is 2. The molecule has 0 aliphatic carbocycles. The van der Waals surface area contributed by atoms with Gasteiger partial charge in [0.15, 0.2) is 6.10 Å². The van der Waals surface area contributed by atoms with E-state index in [-0.39, 0.29) is 0 Å². The number of amides is 1. The Bertz CT molecular complexity index is 669. The van der Waals surface area contributed by atoms with Gasteiger partial charge in [-0.05, 0) is 38.1 Å². The molecule has 1 amide bonds. The molecule has 6 heteroatoms. The molecule has 0 radical (unpaired) electrons. The number of rotatable bonds is 4. The van der Waals surface area contributed by atoms with Crippen LogP contribution in [-0.4, -0.2) is 23.0 Å². The highest BCUT2D eigenvalue weighted by Crippen LogP contribution is 2.11. The Morgan fingerprint density at radius 1 is 1.18 bits per heavy atom. The molecule has 114 valence electrons. The zero-order valence-corrected chi connectivity index (χ0v) is 12.9. The maximum atomic E-state index is 12.0. The maximum Gasteiger partial charge on any atom is 0.338 e. The van der Waals surface area contributed by atoms with Crippen molar-refractivity contribution < 1.29 is 14.3 Å². The van der Waals surface area contributed by atoms with E-state index in [0.29, 0.717) is 16.4 Å². The summed E-state index contributed by atoms with van der Waals surface area (Å²) in [6, 6.07) is 10.1. The Morgan fingerprint density at radius 3 is 2.45 bits per heavy atom. The summed E-state index contributed by atoms with van der Waals surface area (Å²) in [5.41, 5.74) is 1.44. The molecule has 22 heavy (non-hydrogen) atoms. The topological polar surface area (TPSA) is 68.3 Å². The zero-order chi connectivity index (χ0) is 16.1. The number of nitrogens with one attached hydrogen (secondary N) is 1. The van der Waals surface area contributed by atoms with Crippen molar-refractivity contribution in [1.82, 2.24) is 4.98 Å². The summed E-state index contributed by atoms with van der Waals surface area (Å²) in [5, 5.41) is 3.02. The standard InChI is InChI=1S/C16H15ClN2O3/c1-10-3-5-12(6-4-10)16(21)22-11(2)15(20)19-14-8-7-13(17)9-18-14/h3-9,11H,1-2H3,(H,18,19,20)/t11-/m1/s1. The zero-order valence-electron chi connectivity index (χ0n) is 12.2. The average molecular weight is 319 g/mol. The van der Waals surface area contributed by atoms with Crippen molar-refractivity contribution >= 4 is 29.3 Å². The first-order valence-electron chi connectivity index (χ1n) is 6.66. The molecule has 0 fully saturated rings. The van der Waals surface area contributed by atoms with Crippen LogP contribution in [0.3, 0.4) is 0 Å². The van der Waals surface area contributed by atoms with Crippen LogP contribution in [0, 0.1) is 6.92 Å². The molecule has 1 N–H and O–H groups in total. The monoisotopic (exact) mass is 318 g/mol. The minimum Gasteiger partial charge on any atom is -0.449 e. The summed E-state index contributed by atoms with van der Waals surface area (Å²) in [6.07, 6.45) is 0.478. The van der Waals surface area contributed by atoms with Crippen molar-refractivity contribution in [1.29, 1.82) is 0 Å². The molecule has 0 bridgehead atoms. The Labute approximate surface area is 133 Å². The molecule has 2 rings (SSSR count). The van der Waals surface area contributed by atoms with Crippen LogP contribution in [0.5, 0.6) is 0 Å². The predicted molar refractivity (Wildman–Crippen MR) is 83.9 cm³/mol. The van der Waals surface area contributed by atoms with Gasteiger partial charge in [-0.1, -0.05) is 29.3 Å². The van der Waals surface area contributed by atoms with Gasteiger partial charge in [0.25, 0.3) is 5.91 Å². The lowest BCUT2D eigenvalue weighted by molar-refractivity contribution is -0.123. The summed E-state index contributed by atoms with van der Waals surface area (Å²) < 4.78 is 5.13. The van der Waals surface area contributed by atoms with Gasteiger partial charge in [-0.15, -0.1) is 0 Å². The van der Waals surface area contributed by atoms with Crippen LogP contribution in [0.1, 0.15) is 22.8 Å². The second-order valence-electron chi connectivity index (χ2n) is 4.76. The van der Waals surface area contributed by atoms with E-state index in [9.17, 15) is 9.59 Å². The molecule has 0 saturated carbocycles. The number of hydrogen-bond acceptors (Lipinski definition) is 4. The number of esters is 1. The van der Waals surface area contributed by atoms with Gasteiger partial charge in [0, 0.05) is 6.20 Å². The molecule has 2 aromatic rings. The average Bonchev–Trinajstić information content (AvgIpc) is 2.50. The third-order valence-corrected chi connectivity index (χ3v) is 3.14. The molecule has 1 aromatic carbocycles. The van der Waals surface area contributed by atoms with Crippen LogP contribution in [-0.2, 0) is 9.53 Å². The smallest absolute Gasteiger partial charge is 0.338 e. The number of benzene rings is 1. The molecule has 0 spiro atoms. The van der Waals surface area contributed by atoms with E-state index in [0.717, 1.165) is 5.56 Å². The van der Waals surface area contributed by atoms with Crippen LogP contribution in [0.4, 0.5) is 5.82 Å². The number of nitrogens with zero attached hydrogens (tertiary/aromatic N) is 1. The third kappa shape index (κ3) is 4.30. The van der Waals surface area contributed by atoms with E-state index >= 15 is 0 Å². The number of carbonyl (C=O) groups is 2. The summed E-state index contributed by atoms with van der Waals surface area (Å²) in [5.74, 6) is -0.672. The van der Waals surface area contributed by atoms with Crippen LogP contribution in [0.2, 0.25) is 5.02 Å². The number of aromatic nitrogens is 1. The second kappa shape index (κ2) is 7.04. The lowest BCUT2D eigenvalue weighted by Gasteiger charge is -2.13. The molecule has 1 heterocycles. The molecule has 0 saturated heterocycles. The number of aryl methyl sites for hydroxylation is 1. The van der Waals surface area contributed by atoms with E-state index in [2.05, 4.69) is 10.3 Å². The summed E-state index contributed by atoms with van der Waals surface area (Å²) in [7, 11) is 0. The number of pyridine rings is 1. The van der Waals surface area contributed by atoms with E-state index < -0.39 is 18.0 Å². The molecule has 0 aliphatic rings. The van der Waals surface area contributed by atoms with Crippen LogP contribution >= 0.6 is 11.6 Å². The Kier molecular flexibility index (Phi) is 5.12. The van der Waals surface area contributed by atoms with Crippen LogP contribution in [0.25, 0.3) is 0 Å². The minimum atomic E-state index is -0.939. The van der Waals surface area contributed by atoms with Gasteiger partial charge >= 0.3 is 5.97 Å². The van der Waals surface area contributed by atoms with Crippen molar-refractivity contribution in [3.05, 3.63) is 58.7 Å². The highest BCUT2D eigenvalue weighted by molar-refractivity contribution is 6.30. The van der Waals surface area contributed by atoms with Crippen LogP contribution < -0.4 is 5.32 Å². The summed E-state index contributed by atoms with van der Waals surface area (Å²) in [6.45, 7) is 3.42. The lowest BCUT2D eigenvalue weighted by Crippen LogP contribution is -2.30. The quantitative estimate of drug-likeness (QED) is 0.879. The van der Waals surface area contributed by atoms with Crippen molar-refractivity contribution in [3.63, 3.8) is 0 Å².